The molecule has 1 aromatic heterocycles. The zero-order chi connectivity index (χ0) is 27.3. The number of hydrogen-bond donors (Lipinski definition) is 1. The summed E-state index contributed by atoms with van der Waals surface area (Å²) in [4.78, 5) is 32.3. The quantitative estimate of drug-likeness (QED) is 0.158. The van der Waals surface area contributed by atoms with Crippen LogP contribution in [0.25, 0.3) is 5.76 Å². The Kier molecular flexibility index (Phi) is 8.35. The summed E-state index contributed by atoms with van der Waals surface area (Å²) in [5, 5.41) is 11.4. The van der Waals surface area contributed by atoms with E-state index < -0.39 is 17.7 Å². The highest BCUT2D eigenvalue weighted by Gasteiger charge is 2.45. The summed E-state index contributed by atoms with van der Waals surface area (Å²) in [6.45, 7) is 10.1. The number of aliphatic hydroxyl groups excluding tert-OH is 1. The molecule has 200 valence electrons. The van der Waals surface area contributed by atoms with E-state index >= 15 is 0 Å². The summed E-state index contributed by atoms with van der Waals surface area (Å²) < 4.78 is 7.75. The number of ether oxygens (including phenoxy) is 1. The molecule has 7 nitrogen and oxygen atoms in total. The van der Waals surface area contributed by atoms with Crippen LogP contribution in [0.4, 0.5) is 0 Å². The number of ketones is 1. The van der Waals surface area contributed by atoms with Crippen LogP contribution in [0.1, 0.15) is 69.7 Å². The zero-order valence-electron chi connectivity index (χ0n) is 22.7. The number of unbranched alkanes of at least 4 members (excludes halogenated alkanes) is 1. The lowest BCUT2D eigenvalue weighted by Gasteiger charge is -2.26. The molecular formula is C31H37N3O4. The second kappa shape index (κ2) is 11.7. The molecule has 0 bridgehead atoms. The minimum atomic E-state index is -0.684. The van der Waals surface area contributed by atoms with Gasteiger partial charge in [-0.1, -0.05) is 70.5 Å². The molecular weight excluding hydrogens is 478 g/mol. The Balaban J connectivity index is 1.71. The number of rotatable bonds is 10. The number of Topliss-reactive ketones (excluding diaryl/α,β-unsaturated/α-hetero) is 1. The molecule has 2 aromatic carbocycles. The van der Waals surface area contributed by atoms with Gasteiger partial charge in [-0.15, -0.1) is 0 Å². The maximum absolute atomic E-state index is 13.4. The van der Waals surface area contributed by atoms with Crippen LogP contribution in [0.15, 0.2) is 72.8 Å². The molecule has 0 saturated carbocycles. The van der Waals surface area contributed by atoms with Crippen molar-refractivity contribution in [3.63, 3.8) is 0 Å². The molecule has 1 aliphatic rings. The fourth-order valence-corrected chi connectivity index (χ4v) is 4.69. The molecule has 0 aliphatic carbocycles. The third-order valence-corrected chi connectivity index (χ3v) is 6.88. The maximum Gasteiger partial charge on any atom is 0.295 e. The molecule has 1 N–H and O–H groups in total. The van der Waals surface area contributed by atoms with Gasteiger partial charge in [-0.2, -0.15) is 0 Å². The molecule has 7 heteroatoms. The van der Waals surface area contributed by atoms with E-state index in [1.165, 1.54) is 0 Å². The van der Waals surface area contributed by atoms with Crippen LogP contribution >= 0.6 is 0 Å². The van der Waals surface area contributed by atoms with E-state index in [2.05, 4.69) is 32.7 Å². The highest BCUT2D eigenvalue weighted by Crippen LogP contribution is 2.40. The lowest BCUT2D eigenvalue weighted by Crippen LogP contribution is -2.31. The van der Waals surface area contributed by atoms with Crippen LogP contribution in [-0.4, -0.2) is 44.4 Å². The average molecular weight is 516 g/mol. The predicted octanol–water partition coefficient (Wildman–Crippen LogP) is 5.87. The summed E-state index contributed by atoms with van der Waals surface area (Å²) >= 11 is 0. The molecule has 3 aromatic rings. The van der Waals surface area contributed by atoms with Gasteiger partial charge in [0.15, 0.2) is 0 Å². The Labute approximate surface area is 224 Å². The number of carbonyl (C=O) groups excluding carboxylic acids is 2. The maximum atomic E-state index is 13.4. The standard InChI is InChI=1S/C31H37N3O4/c1-5-6-19-38-25-10-7-9-23(20-25)28(35)26-27(22-11-13-24(14-12-22)31(2,3)4)34(30(37)29(26)36)17-8-16-33-18-15-32-21-33/h7,9-15,18,20-21,27,35H,5-6,8,16-17,19H2,1-4H3. The van der Waals surface area contributed by atoms with Crippen LogP contribution in [-0.2, 0) is 21.5 Å². The van der Waals surface area contributed by atoms with Crippen LogP contribution in [0.3, 0.4) is 0 Å². The van der Waals surface area contributed by atoms with Crippen LogP contribution in [0.2, 0.25) is 0 Å². The number of aryl methyl sites for hydroxylation is 1. The monoisotopic (exact) mass is 515 g/mol. The van der Waals surface area contributed by atoms with Crippen molar-refractivity contribution in [1.29, 1.82) is 0 Å². The first kappa shape index (κ1) is 27.2. The van der Waals surface area contributed by atoms with E-state index in [0.29, 0.717) is 37.4 Å². The highest BCUT2D eigenvalue weighted by molar-refractivity contribution is 6.46. The van der Waals surface area contributed by atoms with Gasteiger partial charge < -0.3 is 19.3 Å². The summed E-state index contributed by atoms with van der Waals surface area (Å²) in [5.41, 5.74) is 2.45. The number of amides is 1. The number of benzene rings is 2. The number of nitrogens with zero attached hydrogens (tertiary/aromatic N) is 3. The smallest absolute Gasteiger partial charge is 0.295 e. The lowest BCUT2D eigenvalue weighted by molar-refractivity contribution is -0.139. The van der Waals surface area contributed by atoms with Crippen LogP contribution in [0, 0.1) is 0 Å². The van der Waals surface area contributed by atoms with Crippen molar-refractivity contribution in [3.8, 4) is 5.75 Å². The van der Waals surface area contributed by atoms with Gasteiger partial charge in [0.2, 0.25) is 0 Å². The molecule has 4 rings (SSSR count). The second-order valence-electron chi connectivity index (χ2n) is 10.7. The van der Waals surface area contributed by atoms with Crippen molar-refractivity contribution in [2.24, 2.45) is 0 Å². The van der Waals surface area contributed by atoms with Crippen molar-refractivity contribution in [2.75, 3.05) is 13.2 Å². The van der Waals surface area contributed by atoms with Gasteiger partial charge in [0.05, 0.1) is 24.5 Å². The lowest BCUT2D eigenvalue weighted by atomic mass is 9.85. The fraction of sp³-hybridized carbons (Fsp3) is 0.387. The largest absolute Gasteiger partial charge is 0.507 e. The molecule has 1 atom stereocenters. The molecule has 1 unspecified atom stereocenters. The summed E-state index contributed by atoms with van der Waals surface area (Å²) in [6, 6.07) is 14.3. The topological polar surface area (TPSA) is 84.7 Å². The molecule has 0 spiro atoms. The Bertz CT molecular complexity index is 1290. The van der Waals surface area contributed by atoms with Gasteiger partial charge in [0, 0.05) is 31.0 Å². The van der Waals surface area contributed by atoms with Crippen LogP contribution in [0.5, 0.6) is 5.75 Å². The fourth-order valence-electron chi connectivity index (χ4n) is 4.69. The SMILES string of the molecule is CCCCOc1cccc(C(O)=C2C(=O)C(=O)N(CCCn3ccnc3)C2c2ccc(C(C)(C)C)cc2)c1. The number of likely N-dealkylation sites (tertiary alicyclic amines) is 1. The van der Waals surface area contributed by atoms with Crippen molar-refractivity contribution < 1.29 is 19.4 Å². The highest BCUT2D eigenvalue weighted by atomic mass is 16.5. The molecule has 1 amide bonds. The Morgan fingerprint density at radius 2 is 1.82 bits per heavy atom. The minimum absolute atomic E-state index is 0.0383. The third-order valence-electron chi connectivity index (χ3n) is 6.88. The second-order valence-corrected chi connectivity index (χ2v) is 10.7. The normalized spacial score (nSPS) is 17.3. The predicted molar refractivity (Wildman–Crippen MR) is 148 cm³/mol. The van der Waals surface area contributed by atoms with Gasteiger partial charge in [0.1, 0.15) is 11.5 Å². The van der Waals surface area contributed by atoms with E-state index in [9.17, 15) is 14.7 Å². The molecule has 0 radical (unpaired) electrons. The number of hydrogen-bond acceptors (Lipinski definition) is 5. The van der Waals surface area contributed by atoms with Gasteiger partial charge in [0.25, 0.3) is 11.7 Å². The zero-order valence-corrected chi connectivity index (χ0v) is 22.7. The average Bonchev–Trinajstić information content (AvgIpc) is 3.50. The van der Waals surface area contributed by atoms with Crippen molar-refractivity contribution in [2.45, 2.75) is 65.0 Å². The Morgan fingerprint density at radius 3 is 2.47 bits per heavy atom. The molecule has 1 fully saturated rings. The third kappa shape index (κ3) is 5.98. The molecule has 38 heavy (non-hydrogen) atoms. The first-order valence-electron chi connectivity index (χ1n) is 13.3. The molecule has 1 saturated heterocycles. The first-order valence-corrected chi connectivity index (χ1v) is 13.3. The van der Waals surface area contributed by atoms with E-state index in [4.69, 9.17) is 4.74 Å². The Morgan fingerprint density at radius 1 is 1.05 bits per heavy atom. The van der Waals surface area contributed by atoms with E-state index in [-0.39, 0.29) is 16.7 Å². The van der Waals surface area contributed by atoms with Crippen molar-refractivity contribution in [3.05, 3.63) is 89.5 Å². The van der Waals surface area contributed by atoms with E-state index in [1.54, 1.807) is 35.6 Å². The van der Waals surface area contributed by atoms with Crippen molar-refractivity contribution in [1.82, 2.24) is 14.5 Å². The summed E-state index contributed by atoms with van der Waals surface area (Å²) in [6.07, 6.45) is 7.88. The number of aromatic nitrogens is 2. The number of carbonyl (C=O) groups is 2. The van der Waals surface area contributed by atoms with E-state index in [1.807, 2.05) is 41.1 Å². The van der Waals surface area contributed by atoms with Crippen LogP contribution < -0.4 is 4.74 Å². The Hall–Kier alpha value is -3.87. The molecule has 2 heterocycles. The number of aliphatic hydroxyl groups is 1. The van der Waals surface area contributed by atoms with E-state index in [0.717, 1.165) is 24.0 Å². The minimum Gasteiger partial charge on any atom is -0.507 e. The van der Waals surface area contributed by atoms with Gasteiger partial charge in [-0.05, 0) is 41.5 Å². The van der Waals surface area contributed by atoms with Gasteiger partial charge in [-0.3, -0.25) is 9.59 Å². The van der Waals surface area contributed by atoms with Gasteiger partial charge in [-0.25, -0.2) is 4.98 Å². The summed E-state index contributed by atoms with van der Waals surface area (Å²) in [7, 11) is 0. The summed E-state index contributed by atoms with van der Waals surface area (Å²) in [5.74, 6) is -0.848. The molecule has 1 aliphatic heterocycles. The number of imidazole rings is 1. The van der Waals surface area contributed by atoms with Gasteiger partial charge >= 0.3 is 0 Å². The first-order chi connectivity index (χ1) is 18.2. The van der Waals surface area contributed by atoms with Crippen molar-refractivity contribution >= 4 is 17.4 Å².